The number of hydrogen-bond acceptors (Lipinski definition) is 6. The summed E-state index contributed by atoms with van der Waals surface area (Å²) in [4.78, 5) is 36.7. The predicted octanol–water partition coefficient (Wildman–Crippen LogP) is 3.59. The van der Waals surface area contributed by atoms with Crippen LogP contribution in [-0.2, 0) is 14.3 Å². The fourth-order valence-electron chi connectivity index (χ4n) is 3.98. The smallest absolute Gasteiger partial charge is 0.346 e. The number of anilines is 1. The Morgan fingerprint density at radius 3 is 2.55 bits per heavy atom. The van der Waals surface area contributed by atoms with E-state index in [0.29, 0.717) is 15.9 Å². The van der Waals surface area contributed by atoms with Crippen LogP contribution in [0, 0.1) is 12.1 Å². The molecule has 1 fully saturated rings. The molecule has 1 aromatic heterocycles. The third kappa shape index (κ3) is 4.95. The van der Waals surface area contributed by atoms with Crippen molar-refractivity contribution in [1.29, 1.82) is 0 Å². The van der Waals surface area contributed by atoms with Gasteiger partial charge in [0.1, 0.15) is 16.9 Å². The van der Waals surface area contributed by atoms with Crippen LogP contribution >= 0.6 is 0 Å². The summed E-state index contributed by atoms with van der Waals surface area (Å²) in [6.45, 7) is 4.57. The molecule has 0 atom stereocenters. The molecule has 1 aliphatic rings. The van der Waals surface area contributed by atoms with Crippen molar-refractivity contribution in [2.24, 2.45) is 0 Å². The largest absolute Gasteiger partial charge is 0.618 e. The van der Waals surface area contributed by atoms with Crippen molar-refractivity contribution in [3.8, 4) is 5.75 Å². The van der Waals surface area contributed by atoms with E-state index in [1.165, 1.54) is 13.8 Å². The normalized spacial score (nSPS) is 14.3. The van der Waals surface area contributed by atoms with Crippen molar-refractivity contribution in [2.45, 2.75) is 65.4 Å². The number of amides is 1. The lowest BCUT2D eigenvalue weighted by Crippen LogP contribution is -2.35. The minimum absolute atomic E-state index is 0.00688. The van der Waals surface area contributed by atoms with Gasteiger partial charge in [0.15, 0.2) is 5.56 Å². The molecule has 8 nitrogen and oxygen atoms in total. The third-order valence-corrected chi connectivity index (χ3v) is 5.39. The molecular weight excluding hydrogens is 400 g/mol. The van der Waals surface area contributed by atoms with E-state index in [0.717, 1.165) is 32.1 Å². The second-order valence-corrected chi connectivity index (χ2v) is 7.81. The lowest BCUT2D eigenvalue weighted by atomic mass is 9.97. The Morgan fingerprint density at radius 1 is 1.19 bits per heavy atom. The number of ether oxygens (including phenoxy) is 2. The Hall–Kier alpha value is -3.16. The van der Waals surface area contributed by atoms with E-state index < -0.39 is 11.9 Å². The molecule has 3 rings (SSSR count). The molecule has 0 saturated heterocycles. The van der Waals surface area contributed by atoms with E-state index in [9.17, 15) is 19.6 Å². The molecule has 1 N–H and O–H groups in total. The number of aromatic nitrogens is 1. The highest BCUT2D eigenvalue weighted by Gasteiger charge is 2.30. The highest BCUT2D eigenvalue weighted by molar-refractivity contribution is 6.14. The van der Waals surface area contributed by atoms with Crippen molar-refractivity contribution in [3.05, 3.63) is 34.7 Å². The van der Waals surface area contributed by atoms with Gasteiger partial charge in [0.25, 0.3) is 0 Å². The average Bonchev–Trinajstić information content (AvgIpc) is 2.72. The first-order chi connectivity index (χ1) is 14.8. The first-order valence-corrected chi connectivity index (χ1v) is 10.6. The summed E-state index contributed by atoms with van der Waals surface area (Å²) in [5, 5.41) is 16.0. The Kier molecular flexibility index (Phi) is 7.09. The molecule has 0 spiro atoms. The Labute approximate surface area is 181 Å². The topological polar surface area (TPSA) is 109 Å². The van der Waals surface area contributed by atoms with E-state index in [1.807, 2.05) is 0 Å². The number of carbonyl (C=O) groups excluding carboxylic acids is 3. The minimum Gasteiger partial charge on any atom is -0.618 e. The number of benzene rings is 1. The molecular formula is C23H28N2O6. The van der Waals surface area contributed by atoms with Gasteiger partial charge in [0, 0.05) is 13.0 Å². The number of ketones is 1. The van der Waals surface area contributed by atoms with Crippen LogP contribution in [0.4, 0.5) is 5.69 Å². The van der Waals surface area contributed by atoms with Crippen LogP contribution in [-0.4, -0.2) is 30.4 Å². The molecule has 31 heavy (non-hydrogen) atoms. The zero-order valence-corrected chi connectivity index (χ0v) is 18.2. The summed E-state index contributed by atoms with van der Waals surface area (Å²) < 4.78 is 12.0. The quantitative estimate of drug-likeness (QED) is 0.312. The molecule has 1 saturated carbocycles. The van der Waals surface area contributed by atoms with Gasteiger partial charge >= 0.3 is 5.97 Å². The second kappa shape index (κ2) is 9.76. The van der Waals surface area contributed by atoms with E-state index in [2.05, 4.69) is 5.32 Å². The van der Waals surface area contributed by atoms with E-state index in [-0.39, 0.29) is 47.4 Å². The summed E-state index contributed by atoms with van der Waals surface area (Å²) in [6.07, 6.45) is 4.73. The molecule has 0 bridgehead atoms. The van der Waals surface area contributed by atoms with Gasteiger partial charge in [-0.25, -0.2) is 4.79 Å². The lowest BCUT2D eigenvalue weighted by molar-refractivity contribution is -0.584. The maximum atomic E-state index is 13.0. The summed E-state index contributed by atoms with van der Waals surface area (Å²) in [6, 6.07) is 5.04. The monoisotopic (exact) mass is 428 g/mol. The Morgan fingerprint density at radius 2 is 1.90 bits per heavy atom. The van der Waals surface area contributed by atoms with Gasteiger partial charge < -0.3 is 20.0 Å². The third-order valence-electron chi connectivity index (χ3n) is 5.39. The number of rotatable bonds is 7. The van der Waals surface area contributed by atoms with Crippen LogP contribution in [0.5, 0.6) is 5.75 Å². The molecule has 166 valence electrons. The van der Waals surface area contributed by atoms with Crippen molar-refractivity contribution in [2.75, 3.05) is 11.9 Å². The number of nitrogens with one attached hydrogen (secondary N) is 1. The van der Waals surface area contributed by atoms with Crippen LogP contribution in [0.2, 0.25) is 0 Å². The number of nitrogens with zero attached hydrogens (tertiary/aromatic N) is 1. The zero-order valence-electron chi connectivity index (χ0n) is 18.2. The van der Waals surface area contributed by atoms with Crippen molar-refractivity contribution >= 4 is 34.3 Å². The Bertz CT molecular complexity index is 1010. The van der Waals surface area contributed by atoms with Crippen LogP contribution < -0.4 is 14.8 Å². The molecule has 8 heteroatoms. The summed E-state index contributed by atoms with van der Waals surface area (Å²) in [5.41, 5.74) is 0.451. The van der Waals surface area contributed by atoms with Gasteiger partial charge in [-0.05, 0) is 45.6 Å². The first kappa shape index (κ1) is 22.5. The maximum absolute atomic E-state index is 13.0. The standard InChI is InChI=1S/C23H28N2O6/c1-4-30-23(28)20-15(3)25(29)17-11-8-12-18(31-16-9-6-5-7-10-16)21(17)22(20)24-19(27)13-14(2)26/h8,11-12,16H,4-7,9-10,13H2,1-3H3,(H,24,27). The van der Waals surface area contributed by atoms with Crippen LogP contribution in [0.1, 0.15) is 68.4 Å². The van der Waals surface area contributed by atoms with Crippen molar-refractivity contribution in [1.82, 2.24) is 0 Å². The van der Waals surface area contributed by atoms with E-state index >= 15 is 0 Å². The molecule has 1 heterocycles. The number of carbonyl (C=O) groups is 3. The van der Waals surface area contributed by atoms with Crippen molar-refractivity contribution in [3.63, 3.8) is 0 Å². The summed E-state index contributed by atoms with van der Waals surface area (Å²) >= 11 is 0. The average molecular weight is 428 g/mol. The molecule has 0 unspecified atom stereocenters. The number of fused-ring (bicyclic) bond motifs is 1. The minimum atomic E-state index is -0.725. The van der Waals surface area contributed by atoms with Gasteiger partial charge in [-0.15, -0.1) is 0 Å². The SMILES string of the molecule is CCOC(=O)c1c(NC(=O)CC(C)=O)c2c(OC3CCCCC3)cccc2[n+]([O-])c1C. The fraction of sp³-hybridized carbons (Fsp3) is 0.478. The number of esters is 1. The van der Waals surface area contributed by atoms with Gasteiger partial charge in [-0.3, -0.25) is 9.59 Å². The Balaban J connectivity index is 2.22. The summed E-state index contributed by atoms with van der Waals surface area (Å²) in [5.74, 6) is -1.20. The fourth-order valence-corrected chi connectivity index (χ4v) is 3.98. The summed E-state index contributed by atoms with van der Waals surface area (Å²) in [7, 11) is 0. The lowest BCUT2D eigenvalue weighted by Gasteiger charge is -2.24. The molecule has 0 radical (unpaired) electrons. The second-order valence-electron chi connectivity index (χ2n) is 7.81. The molecule has 0 aliphatic heterocycles. The molecule has 1 aromatic carbocycles. The maximum Gasteiger partial charge on any atom is 0.346 e. The first-order valence-electron chi connectivity index (χ1n) is 10.6. The predicted molar refractivity (Wildman–Crippen MR) is 115 cm³/mol. The van der Waals surface area contributed by atoms with Gasteiger partial charge in [-0.2, -0.15) is 4.73 Å². The van der Waals surface area contributed by atoms with E-state index in [1.54, 1.807) is 25.1 Å². The van der Waals surface area contributed by atoms with Crippen LogP contribution in [0.3, 0.4) is 0 Å². The molecule has 1 aliphatic carbocycles. The van der Waals surface area contributed by atoms with Crippen LogP contribution in [0.25, 0.3) is 10.9 Å². The number of hydrogen-bond donors (Lipinski definition) is 1. The van der Waals surface area contributed by atoms with E-state index in [4.69, 9.17) is 9.47 Å². The van der Waals surface area contributed by atoms with Gasteiger partial charge in [0.05, 0.1) is 24.8 Å². The molecule has 1 amide bonds. The number of Topliss-reactive ketones (excluding diaryl/α,β-unsaturated/α-hetero) is 1. The van der Waals surface area contributed by atoms with Crippen molar-refractivity contribution < 1.29 is 28.6 Å². The van der Waals surface area contributed by atoms with Crippen LogP contribution in [0.15, 0.2) is 18.2 Å². The highest BCUT2D eigenvalue weighted by Crippen LogP contribution is 2.37. The number of pyridine rings is 1. The van der Waals surface area contributed by atoms with Gasteiger partial charge in [-0.1, -0.05) is 12.5 Å². The zero-order chi connectivity index (χ0) is 22.5. The molecule has 2 aromatic rings. The highest BCUT2D eigenvalue weighted by atomic mass is 16.5. The van der Waals surface area contributed by atoms with Gasteiger partial charge in [0.2, 0.25) is 17.1 Å².